The SMILES string of the molecule is C/C=C(Cl)\C1=N/C(C)Nc2cncc(c2)CCc2cc(ccc2OCC2CCNCC2)N1. The van der Waals surface area contributed by atoms with Crippen LogP contribution in [0.15, 0.2) is 52.8 Å². The quantitative estimate of drug-likeness (QED) is 0.609. The Hall–Kier alpha value is -2.57. The molecule has 1 atom stereocenters. The highest BCUT2D eigenvalue weighted by Crippen LogP contribution is 2.27. The van der Waals surface area contributed by atoms with Crippen molar-refractivity contribution >= 4 is 28.8 Å². The van der Waals surface area contributed by atoms with E-state index in [0.717, 1.165) is 49.7 Å². The Morgan fingerprint density at radius 2 is 2.00 bits per heavy atom. The second-order valence-electron chi connectivity index (χ2n) is 8.47. The number of nitrogens with one attached hydrogen (secondary N) is 3. The minimum absolute atomic E-state index is 0.170. The Morgan fingerprint density at radius 3 is 2.81 bits per heavy atom. The van der Waals surface area contributed by atoms with E-state index >= 15 is 0 Å². The van der Waals surface area contributed by atoms with Gasteiger partial charge in [-0.3, -0.25) is 4.98 Å². The molecule has 7 heteroatoms. The van der Waals surface area contributed by atoms with E-state index in [2.05, 4.69) is 39.1 Å². The molecule has 1 fully saturated rings. The number of aryl methyl sites for hydroxylation is 2. The molecular weight excluding hydrogens is 422 g/mol. The lowest BCUT2D eigenvalue weighted by Crippen LogP contribution is -2.30. The van der Waals surface area contributed by atoms with Crippen molar-refractivity contribution in [3.8, 4) is 5.75 Å². The van der Waals surface area contributed by atoms with Crippen LogP contribution in [0.4, 0.5) is 11.4 Å². The van der Waals surface area contributed by atoms with Crippen LogP contribution in [0.25, 0.3) is 0 Å². The second-order valence-corrected chi connectivity index (χ2v) is 8.88. The van der Waals surface area contributed by atoms with Crippen LogP contribution in [-0.2, 0) is 12.8 Å². The van der Waals surface area contributed by atoms with Gasteiger partial charge in [0.25, 0.3) is 0 Å². The summed E-state index contributed by atoms with van der Waals surface area (Å²) in [5.41, 5.74) is 4.25. The van der Waals surface area contributed by atoms with Gasteiger partial charge in [-0.1, -0.05) is 17.7 Å². The first-order chi connectivity index (χ1) is 15.6. The molecule has 2 aliphatic rings. The van der Waals surface area contributed by atoms with Crippen LogP contribution in [0, 0.1) is 5.92 Å². The van der Waals surface area contributed by atoms with Gasteiger partial charge in [0, 0.05) is 11.9 Å². The number of allylic oxidation sites excluding steroid dienone is 1. The molecule has 4 rings (SSSR count). The number of fused-ring (bicyclic) bond motifs is 4. The highest BCUT2D eigenvalue weighted by molar-refractivity contribution is 6.44. The lowest BCUT2D eigenvalue weighted by atomic mass is 9.99. The molecule has 1 aromatic carbocycles. The van der Waals surface area contributed by atoms with Crippen molar-refractivity contribution in [2.24, 2.45) is 10.9 Å². The van der Waals surface area contributed by atoms with Crippen LogP contribution in [0.3, 0.4) is 0 Å². The predicted octanol–water partition coefficient (Wildman–Crippen LogP) is 4.97. The van der Waals surface area contributed by atoms with E-state index in [1.165, 1.54) is 24.0 Å². The van der Waals surface area contributed by atoms with Crippen molar-refractivity contribution < 1.29 is 4.74 Å². The van der Waals surface area contributed by atoms with E-state index in [0.29, 0.717) is 16.8 Å². The van der Waals surface area contributed by atoms with Gasteiger partial charge < -0.3 is 20.7 Å². The van der Waals surface area contributed by atoms with Gasteiger partial charge in [-0.25, -0.2) is 4.99 Å². The first-order valence-corrected chi connectivity index (χ1v) is 11.8. The number of ether oxygens (including phenoxy) is 1. The monoisotopic (exact) mass is 453 g/mol. The van der Waals surface area contributed by atoms with Crippen LogP contribution >= 0.6 is 11.6 Å². The predicted molar refractivity (Wildman–Crippen MR) is 133 cm³/mol. The lowest BCUT2D eigenvalue weighted by molar-refractivity contribution is 0.213. The highest BCUT2D eigenvalue weighted by Gasteiger charge is 2.16. The molecule has 1 aromatic heterocycles. The molecule has 1 saturated heterocycles. The zero-order valence-corrected chi connectivity index (χ0v) is 19.6. The number of piperidine rings is 1. The molecule has 2 aliphatic heterocycles. The van der Waals surface area contributed by atoms with Crippen molar-refractivity contribution in [3.63, 3.8) is 0 Å². The molecule has 3 heterocycles. The summed E-state index contributed by atoms with van der Waals surface area (Å²) in [6, 6.07) is 8.40. The lowest BCUT2D eigenvalue weighted by Gasteiger charge is -2.23. The zero-order chi connectivity index (χ0) is 22.3. The van der Waals surface area contributed by atoms with Gasteiger partial charge in [0.15, 0.2) is 0 Å². The highest BCUT2D eigenvalue weighted by atomic mass is 35.5. The van der Waals surface area contributed by atoms with Crippen LogP contribution in [0.1, 0.15) is 37.8 Å². The summed E-state index contributed by atoms with van der Waals surface area (Å²) in [5, 5.41) is 10.8. The summed E-state index contributed by atoms with van der Waals surface area (Å²) in [4.78, 5) is 9.18. The van der Waals surface area contributed by atoms with Crippen LogP contribution in [-0.4, -0.2) is 36.7 Å². The number of aromatic nitrogens is 1. The summed E-state index contributed by atoms with van der Waals surface area (Å²) in [6.45, 7) is 6.82. The smallest absolute Gasteiger partial charge is 0.146 e. The van der Waals surface area contributed by atoms with Crippen molar-refractivity contribution in [2.75, 3.05) is 30.3 Å². The maximum atomic E-state index is 6.48. The van der Waals surface area contributed by atoms with Gasteiger partial charge in [-0.15, -0.1) is 0 Å². The number of pyridine rings is 1. The fraction of sp³-hybridized carbons (Fsp3) is 0.440. The standard InChI is InChI=1S/C25H32ClN5O/c1-3-23(26)25-30-17(2)29-22-12-19(14-28-15-22)4-5-20-13-21(31-25)6-7-24(20)32-16-18-8-10-27-11-9-18/h3,6-7,12-15,17-18,27,29H,4-5,8-11,16H2,1-2H3,(H,30,31)/b23-3+. The summed E-state index contributed by atoms with van der Waals surface area (Å²) in [5.74, 6) is 2.19. The van der Waals surface area contributed by atoms with Crippen molar-refractivity contribution in [3.05, 3.63) is 58.9 Å². The number of hydrogen-bond donors (Lipinski definition) is 3. The molecule has 0 amide bonds. The average molecular weight is 454 g/mol. The fourth-order valence-electron chi connectivity index (χ4n) is 4.13. The summed E-state index contributed by atoms with van der Waals surface area (Å²) in [7, 11) is 0. The van der Waals surface area contributed by atoms with E-state index < -0.39 is 0 Å². The molecule has 4 bridgehead atoms. The molecule has 0 spiro atoms. The van der Waals surface area contributed by atoms with Crippen LogP contribution in [0.5, 0.6) is 5.75 Å². The minimum atomic E-state index is -0.170. The number of rotatable bonds is 4. The van der Waals surface area contributed by atoms with E-state index in [4.69, 9.17) is 21.3 Å². The molecule has 3 N–H and O–H groups in total. The minimum Gasteiger partial charge on any atom is -0.493 e. The third-order valence-electron chi connectivity index (χ3n) is 5.91. The third-order valence-corrected chi connectivity index (χ3v) is 6.31. The molecule has 2 aromatic rings. The van der Waals surface area contributed by atoms with Gasteiger partial charge in [-0.2, -0.15) is 0 Å². The van der Waals surface area contributed by atoms with Crippen molar-refractivity contribution in [2.45, 2.75) is 45.7 Å². The summed E-state index contributed by atoms with van der Waals surface area (Å²) < 4.78 is 6.32. The molecular formula is C25H32ClN5O. The number of halogens is 1. The zero-order valence-electron chi connectivity index (χ0n) is 18.8. The average Bonchev–Trinajstić information content (AvgIpc) is 2.82. The molecule has 0 saturated carbocycles. The second kappa shape index (κ2) is 10.8. The Balaban J connectivity index is 1.64. The first kappa shape index (κ1) is 22.6. The van der Waals surface area contributed by atoms with Gasteiger partial charge in [-0.05, 0) is 93.9 Å². The fourth-order valence-corrected chi connectivity index (χ4v) is 4.22. The van der Waals surface area contributed by atoms with Gasteiger partial charge >= 0.3 is 0 Å². The van der Waals surface area contributed by atoms with Gasteiger partial charge in [0.1, 0.15) is 17.8 Å². The number of aliphatic imine (C=N–C) groups is 1. The van der Waals surface area contributed by atoms with E-state index in [1.807, 2.05) is 38.4 Å². The number of anilines is 2. The van der Waals surface area contributed by atoms with Crippen molar-refractivity contribution in [1.29, 1.82) is 0 Å². The Bertz CT molecular complexity index is 984. The first-order valence-electron chi connectivity index (χ1n) is 11.4. The Morgan fingerprint density at radius 1 is 1.16 bits per heavy atom. The van der Waals surface area contributed by atoms with E-state index in [9.17, 15) is 0 Å². The van der Waals surface area contributed by atoms with Crippen molar-refractivity contribution in [1.82, 2.24) is 10.3 Å². The Kier molecular flexibility index (Phi) is 7.66. The molecule has 32 heavy (non-hydrogen) atoms. The van der Waals surface area contributed by atoms with Gasteiger partial charge in [0.05, 0.1) is 23.5 Å². The number of benzene rings is 1. The maximum Gasteiger partial charge on any atom is 0.146 e. The summed E-state index contributed by atoms with van der Waals surface area (Å²) in [6.07, 6.45) is 9.51. The summed E-state index contributed by atoms with van der Waals surface area (Å²) >= 11 is 6.48. The number of hydrogen-bond acceptors (Lipinski definition) is 6. The topological polar surface area (TPSA) is 70.6 Å². The Labute approximate surface area is 195 Å². The normalized spacial score (nSPS) is 21.7. The molecule has 0 aliphatic carbocycles. The third kappa shape index (κ3) is 6.02. The molecule has 170 valence electrons. The van der Waals surface area contributed by atoms with Crippen LogP contribution in [0.2, 0.25) is 0 Å². The molecule has 6 nitrogen and oxygen atoms in total. The molecule has 1 unspecified atom stereocenters. The van der Waals surface area contributed by atoms with Gasteiger partial charge in [0.2, 0.25) is 0 Å². The van der Waals surface area contributed by atoms with E-state index in [1.54, 1.807) is 0 Å². The number of nitrogens with zero attached hydrogens (tertiary/aromatic N) is 2. The molecule has 0 radical (unpaired) electrons. The maximum absolute atomic E-state index is 6.48. The number of amidine groups is 1. The largest absolute Gasteiger partial charge is 0.493 e. The van der Waals surface area contributed by atoms with E-state index in [-0.39, 0.29) is 6.17 Å². The van der Waals surface area contributed by atoms with Crippen LogP contribution < -0.4 is 20.7 Å².